The molecule has 0 saturated carbocycles. The number of anilines is 1. The van der Waals surface area contributed by atoms with Crippen LogP contribution in [0.25, 0.3) is 0 Å². The Hall–Kier alpha value is -1.69. The molecule has 1 aromatic carbocycles. The molecule has 0 bridgehead atoms. The molecule has 0 aliphatic carbocycles. The summed E-state index contributed by atoms with van der Waals surface area (Å²) in [6, 6.07) is 3.13. The molecule has 0 saturated heterocycles. The third-order valence-corrected chi connectivity index (χ3v) is 1.74. The Bertz CT molecular complexity index is 368. The molecule has 1 aromatic rings. The minimum Gasteiger partial charge on any atom is -0.392 e. The van der Waals surface area contributed by atoms with Gasteiger partial charge in [0.05, 0.1) is 11.0 Å². The van der Waals surface area contributed by atoms with Gasteiger partial charge in [0.1, 0.15) is 11.5 Å². The van der Waals surface area contributed by atoms with Gasteiger partial charge in [0, 0.05) is 18.7 Å². The number of hydrogen-bond donors (Lipinski definition) is 2. The molecule has 0 amide bonds. The fraction of sp³-hybridized carbons (Fsp3) is 0.333. The Balaban J connectivity index is 2.92. The Morgan fingerprint density at radius 1 is 1.67 bits per heavy atom. The van der Waals surface area contributed by atoms with Gasteiger partial charge < -0.3 is 10.4 Å². The number of halogens is 1. The fourth-order valence-corrected chi connectivity index (χ4v) is 1.07. The summed E-state index contributed by atoms with van der Waals surface area (Å²) in [5.41, 5.74) is -0.141. The van der Waals surface area contributed by atoms with E-state index in [1.165, 1.54) is 6.92 Å². The number of rotatable bonds is 4. The molecule has 1 unspecified atom stereocenters. The van der Waals surface area contributed by atoms with E-state index in [9.17, 15) is 14.5 Å². The first kappa shape index (κ1) is 11.4. The van der Waals surface area contributed by atoms with Gasteiger partial charge in [-0.25, -0.2) is 4.39 Å². The lowest BCUT2D eigenvalue weighted by molar-refractivity contribution is -0.384. The molecule has 0 fully saturated rings. The van der Waals surface area contributed by atoms with Crippen LogP contribution in [0.4, 0.5) is 15.8 Å². The van der Waals surface area contributed by atoms with E-state index in [0.717, 1.165) is 18.2 Å². The highest BCUT2D eigenvalue weighted by molar-refractivity contribution is 5.61. The topological polar surface area (TPSA) is 75.4 Å². The van der Waals surface area contributed by atoms with Crippen LogP contribution in [0.2, 0.25) is 0 Å². The van der Waals surface area contributed by atoms with Gasteiger partial charge >= 0.3 is 0 Å². The van der Waals surface area contributed by atoms with E-state index in [-0.39, 0.29) is 17.9 Å². The van der Waals surface area contributed by atoms with Crippen molar-refractivity contribution in [3.63, 3.8) is 0 Å². The van der Waals surface area contributed by atoms with Crippen LogP contribution in [-0.2, 0) is 0 Å². The monoisotopic (exact) mass is 214 g/mol. The van der Waals surface area contributed by atoms with Crippen molar-refractivity contribution in [2.75, 3.05) is 11.9 Å². The Morgan fingerprint density at radius 2 is 2.33 bits per heavy atom. The molecule has 5 nitrogen and oxygen atoms in total. The smallest absolute Gasteiger partial charge is 0.292 e. The molecule has 0 aliphatic heterocycles. The lowest BCUT2D eigenvalue weighted by Crippen LogP contribution is -2.16. The zero-order valence-electron chi connectivity index (χ0n) is 8.11. The van der Waals surface area contributed by atoms with E-state index in [4.69, 9.17) is 5.11 Å². The summed E-state index contributed by atoms with van der Waals surface area (Å²) in [7, 11) is 0. The highest BCUT2D eigenvalue weighted by Crippen LogP contribution is 2.24. The van der Waals surface area contributed by atoms with E-state index < -0.39 is 16.8 Å². The van der Waals surface area contributed by atoms with Crippen molar-refractivity contribution in [2.45, 2.75) is 13.0 Å². The van der Waals surface area contributed by atoms with Crippen LogP contribution in [0, 0.1) is 15.9 Å². The second-order valence-corrected chi connectivity index (χ2v) is 3.15. The first-order valence-corrected chi connectivity index (χ1v) is 4.36. The molecule has 1 rings (SSSR count). The van der Waals surface area contributed by atoms with Crippen molar-refractivity contribution >= 4 is 11.4 Å². The summed E-state index contributed by atoms with van der Waals surface area (Å²) in [5.74, 6) is -0.561. The number of benzene rings is 1. The molecular weight excluding hydrogens is 203 g/mol. The number of aliphatic hydroxyl groups excluding tert-OH is 1. The van der Waals surface area contributed by atoms with Crippen LogP contribution < -0.4 is 5.32 Å². The van der Waals surface area contributed by atoms with Gasteiger partial charge in [0.2, 0.25) is 0 Å². The van der Waals surface area contributed by atoms with Crippen LogP contribution in [0.3, 0.4) is 0 Å². The van der Waals surface area contributed by atoms with Crippen molar-refractivity contribution in [2.24, 2.45) is 0 Å². The highest BCUT2D eigenvalue weighted by Gasteiger charge is 2.14. The molecule has 0 aliphatic rings. The second-order valence-electron chi connectivity index (χ2n) is 3.15. The number of aliphatic hydroxyl groups is 1. The summed E-state index contributed by atoms with van der Waals surface area (Å²) >= 11 is 0. The first-order valence-electron chi connectivity index (χ1n) is 4.36. The predicted octanol–water partition coefficient (Wildman–Crippen LogP) is 1.53. The molecule has 0 spiro atoms. The minimum absolute atomic E-state index is 0.0703. The number of nitrogens with one attached hydrogen (secondary N) is 1. The third-order valence-electron chi connectivity index (χ3n) is 1.74. The van der Waals surface area contributed by atoms with Crippen molar-refractivity contribution in [3.8, 4) is 0 Å². The van der Waals surface area contributed by atoms with Crippen LogP contribution in [0.15, 0.2) is 18.2 Å². The molecular formula is C9H11FN2O3. The number of nitro groups is 1. The maximum absolute atomic E-state index is 12.8. The van der Waals surface area contributed by atoms with Crippen LogP contribution in [0.1, 0.15) is 6.92 Å². The molecule has 1 atom stereocenters. The van der Waals surface area contributed by atoms with Gasteiger partial charge in [-0.3, -0.25) is 10.1 Å². The van der Waals surface area contributed by atoms with Gasteiger partial charge in [0.15, 0.2) is 0 Å². The quantitative estimate of drug-likeness (QED) is 0.588. The molecule has 6 heteroatoms. The summed E-state index contributed by atoms with van der Waals surface area (Å²) in [4.78, 5) is 9.95. The van der Waals surface area contributed by atoms with Gasteiger partial charge in [-0.2, -0.15) is 0 Å². The predicted molar refractivity (Wildman–Crippen MR) is 53.2 cm³/mol. The van der Waals surface area contributed by atoms with Gasteiger partial charge in [-0.05, 0) is 13.0 Å². The van der Waals surface area contributed by atoms with Gasteiger partial charge in [0.25, 0.3) is 5.69 Å². The molecule has 0 radical (unpaired) electrons. The van der Waals surface area contributed by atoms with Crippen LogP contribution >= 0.6 is 0 Å². The minimum atomic E-state index is -0.659. The molecule has 2 N–H and O–H groups in total. The van der Waals surface area contributed by atoms with Crippen molar-refractivity contribution < 1.29 is 14.4 Å². The normalized spacial score (nSPS) is 12.2. The molecule has 0 aromatic heterocycles. The van der Waals surface area contributed by atoms with Crippen molar-refractivity contribution in [1.29, 1.82) is 0 Å². The van der Waals surface area contributed by atoms with Gasteiger partial charge in [-0.1, -0.05) is 0 Å². The molecule has 15 heavy (non-hydrogen) atoms. The second kappa shape index (κ2) is 4.70. The third kappa shape index (κ3) is 3.17. The Morgan fingerprint density at radius 3 is 2.87 bits per heavy atom. The maximum atomic E-state index is 12.8. The number of nitrogens with zero attached hydrogens (tertiary/aromatic N) is 1. The van der Waals surface area contributed by atoms with Crippen molar-refractivity contribution in [1.82, 2.24) is 0 Å². The maximum Gasteiger partial charge on any atom is 0.292 e. The van der Waals surface area contributed by atoms with Crippen LogP contribution in [0.5, 0.6) is 0 Å². The standard InChI is InChI=1S/C9H11FN2O3/c1-6(13)5-11-8-4-7(10)2-3-9(8)12(14)15/h2-4,6,11,13H,5H2,1H3. The first-order chi connectivity index (χ1) is 7.00. The van der Waals surface area contributed by atoms with E-state index in [1.54, 1.807) is 0 Å². The van der Waals surface area contributed by atoms with Gasteiger partial charge in [-0.15, -0.1) is 0 Å². The summed E-state index contributed by atoms with van der Waals surface area (Å²) in [5, 5.41) is 22.1. The largest absolute Gasteiger partial charge is 0.392 e. The number of nitro benzene ring substituents is 1. The Kier molecular flexibility index (Phi) is 3.56. The van der Waals surface area contributed by atoms with E-state index in [1.807, 2.05) is 0 Å². The zero-order valence-corrected chi connectivity index (χ0v) is 8.11. The SMILES string of the molecule is CC(O)CNc1cc(F)ccc1[N+](=O)[O-]. The van der Waals surface area contributed by atoms with E-state index in [0.29, 0.717) is 0 Å². The number of hydrogen-bond acceptors (Lipinski definition) is 4. The highest BCUT2D eigenvalue weighted by atomic mass is 19.1. The Labute approximate surface area is 85.7 Å². The fourth-order valence-electron chi connectivity index (χ4n) is 1.07. The van der Waals surface area contributed by atoms with Crippen LogP contribution in [-0.4, -0.2) is 22.7 Å². The van der Waals surface area contributed by atoms with Crippen molar-refractivity contribution in [3.05, 3.63) is 34.1 Å². The average molecular weight is 214 g/mol. The summed E-state index contributed by atoms with van der Waals surface area (Å²) in [6.45, 7) is 1.66. The van der Waals surface area contributed by atoms with E-state index in [2.05, 4.69) is 5.32 Å². The van der Waals surface area contributed by atoms with E-state index >= 15 is 0 Å². The lowest BCUT2D eigenvalue weighted by Gasteiger charge is -2.08. The lowest BCUT2D eigenvalue weighted by atomic mass is 10.2. The summed E-state index contributed by atoms with van der Waals surface area (Å²) in [6.07, 6.45) is -0.659. The zero-order chi connectivity index (χ0) is 11.4. The summed E-state index contributed by atoms with van der Waals surface area (Å²) < 4.78 is 12.8. The molecule has 0 heterocycles. The average Bonchev–Trinajstić information content (AvgIpc) is 2.14. The molecule has 82 valence electrons.